The minimum atomic E-state index is 0.0375. The second-order valence-electron chi connectivity index (χ2n) is 7.65. The van der Waals surface area contributed by atoms with Crippen LogP contribution in [0.5, 0.6) is 0 Å². The van der Waals surface area contributed by atoms with Crippen LogP contribution in [-0.2, 0) is 0 Å². The number of nitrogens with one attached hydrogen (secondary N) is 1. The van der Waals surface area contributed by atoms with Crippen LogP contribution in [0.2, 0.25) is 0 Å². The first kappa shape index (κ1) is 13.8. The maximum absolute atomic E-state index is 9.83. The SMILES string of the molecule is CC1CC(C)CN(C2CCC(CO)(NC3CC3)C2)C1. The summed E-state index contributed by atoms with van der Waals surface area (Å²) in [5.41, 5.74) is 0.0375. The Kier molecular flexibility index (Phi) is 3.89. The van der Waals surface area contributed by atoms with E-state index in [1.54, 1.807) is 0 Å². The summed E-state index contributed by atoms with van der Waals surface area (Å²) in [6.45, 7) is 7.62. The number of aliphatic hydroxyl groups excluding tert-OH is 1. The van der Waals surface area contributed by atoms with Crippen molar-refractivity contribution in [3.05, 3.63) is 0 Å². The first-order valence-corrected chi connectivity index (χ1v) is 8.23. The van der Waals surface area contributed by atoms with Crippen molar-refractivity contribution >= 4 is 0 Å². The molecule has 0 aromatic rings. The first-order chi connectivity index (χ1) is 9.10. The predicted molar refractivity (Wildman–Crippen MR) is 78.1 cm³/mol. The number of hydrogen-bond donors (Lipinski definition) is 2. The third kappa shape index (κ3) is 3.14. The van der Waals surface area contributed by atoms with Gasteiger partial charge in [-0.3, -0.25) is 4.90 Å². The number of nitrogens with zero attached hydrogens (tertiary/aromatic N) is 1. The van der Waals surface area contributed by atoms with Crippen LogP contribution in [0.4, 0.5) is 0 Å². The molecule has 4 atom stereocenters. The molecule has 0 aromatic carbocycles. The lowest BCUT2D eigenvalue weighted by Gasteiger charge is -2.39. The lowest BCUT2D eigenvalue weighted by molar-refractivity contribution is 0.0862. The molecule has 0 amide bonds. The quantitative estimate of drug-likeness (QED) is 0.817. The number of rotatable bonds is 4. The molecule has 3 nitrogen and oxygen atoms in total. The van der Waals surface area contributed by atoms with Gasteiger partial charge in [-0.25, -0.2) is 0 Å². The Labute approximate surface area is 117 Å². The topological polar surface area (TPSA) is 35.5 Å². The second kappa shape index (κ2) is 5.34. The molecule has 3 heteroatoms. The average molecular weight is 266 g/mol. The maximum atomic E-state index is 9.83. The van der Waals surface area contributed by atoms with E-state index in [2.05, 4.69) is 24.1 Å². The van der Waals surface area contributed by atoms with Crippen molar-refractivity contribution in [1.29, 1.82) is 0 Å². The van der Waals surface area contributed by atoms with Gasteiger partial charge in [-0.05, 0) is 50.4 Å². The van der Waals surface area contributed by atoms with Crippen LogP contribution >= 0.6 is 0 Å². The van der Waals surface area contributed by atoms with Crippen LogP contribution in [0.25, 0.3) is 0 Å². The smallest absolute Gasteiger partial charge is 0.0614 e. The molecule has 2 aliphatic carbocycles. The lowest BCUT2D eigenvalue weighted by Crippen LogP contribution is -2.50. The molecule has 2 N–H and O–H groups in total. The van der Waals surface area contributed by atoms with Crippen molar-refractivity contribution in [2.45, 2.75) is 70.0 Å². The molecule has 1 heterocycles. The van der Waals surface area contributed by atoms with Gasteiger partial charge in [0.15, 0.2) is 0 Å². The van der Waals surface area contributed by atoms with Crippen molar-refractivity contribution < 1.29 is 5.11 Å². The van der Waals surface area contributed by atoms with Crippen molar-refractivity contribution in [3.8, 4) is 0 Å². The number of piperidine rings is 1. The summed E-state index contributed by atoms with van der Waals surface area (Å²) in [7, 11) is 0. The molecule has 3 aliphatic rings. The highest BCUT2D eigenvalue weighted by atomic mass is 16.3. The summed E-state index contributed by atoms with van der Waals surface area (Å²) in [6, 6.07) is 1.40. The van der Waals surface area contributed by atoms with E-state index < -0.39 is 0 Å². The Hall–Kier alpha value is -0.120. The van der Waals surface area contributed by atoms with Gasteiger partial charge in [-0.2, -0.15) is 0 Å². The van der Waals surface area contributed by atoms with Crippen LogP contribution in [0.15, 0.2) is 0 Å². The minimum Gasteiger partial charge on any atom is -0.394 e. The minimum absolute atomic E-state index is 0.0375. The summed E-state index contributed by atoms with van der Waals surface area (Å²) in [6.07, 6.45) is 7.58. The summed E-state index contributed by atoms with van der Waals surface area (Å²) < 4.78 is 0. The molecule has 0 aromatic heterocycles. The first-order valence-electron chi connectivity index (χ1n) is 8.23. The second-order valence-corrected chi connectivity index (χ2v) is 7.65. The van der Waals surface area contributed by atoms with E-state index in [1.807, 2.05) is 0 Å². The molecule has 3 rings (SSSR count). The number of hydrogen-bond acceptors (Lipinski definition) is 3. The summed E-state index contributed by atoms with van der Waals surface area (Å²) in [4.78, 5) is 2.71. The van der Waals surface area contributed by atoms with Gasteiger partial charge in [0.2, 0.25) is 0 Å². The fraction of sp³-hybridized carbons (Fsp3) is 1.00. The standard InChI is InChI=1S/C16H30N2O/c1-12-7-13(2)10-18(9-12)15-5-6-16(8-15,11-19)17-14-3-4-14/h12-15,17,19H,3-11H2,1-2H3. The Morgan fingerprint density at radius 3 is 2.42 bits per heavy atom. The largest absolute Gasteiger partial charge is 0.394 e. The zero-order chi connectivity index (χ0) is 13.5. The third-order valence-corrected chi connectivity index (χ3v) is 5.39. The zero-order valence-corrected chi connectivity index (χ0v) is 12.6. The van der Waals surface area contributed by atoms with Crippen LogP contribution < -0.4 is 5.32 Å². The van der Waals surface area contributed by atoms with Gasteiger partial charge in [0.1, 0.15) is 0 Å². The number of likely N-dealkylation sites (tertiary alicyclic amines) is 1. The van der Waals surface area contributed by atoms with Gasteiger partial charge in [0.25, 0.3) is 0 Å². The van der Waals surface area contributed by atoms with Crippen LogP contribution in [0, 0.1) is 11.8 Å². The highest BCUT2D eigenvalue weighted by Gasteiger charge is 2.44. The van der Waals surface area contributed by atoms with Crippen molar-refractivity contribution in [2.24, 2.45) is 11.8 Å². The Morgan fingerprint density at radius 1 is 1.16 bits per heavy atom. The van der Waals surface area contributed by atoms with Gasteiger partial charge >= 0.3 is 0 Å². The third-order valence-electron chi connectivity index (χ3n) is 5.39. The molecule has 0 spiro atoms. The van der Waals surface area contributed by atoms with E-state index in [9.17, 15) is 5.11 Å². The molecule has 4 unspecified atom stereocenters. The molecule has 3 fully saturated rings. The Balaban J connectivity index is 1.60. The fourth-order valence-electron chi connectivity index (χ4n) is 4.40. The van der Waals surface area contributed by atoms with E-state index in [4.69, 9.17) is 0 Å². The molecule has 1 aliphatic heterocycles. The Bertz CT molecular complexity index is 308. The fourth-order valence-corrected chi connectivity index (χ4v) is 4.40. The van der Waals surface area contributed by atoms with Crippen molar-refractivity contribution in [1.82, 2.24) is 10.2 Å². The Morgan fingerprint density at radius 2 is 1.84 bits per heavy atom. The van der Waals surface area contributed by atoms with E-state index in [-0.39, 0.29) is 5.54 Å². The normalized spacial score (nSPS) is 44.7. The van der Waals surface area contributed by atoms with Gasteiger partial charge < -0.3 is 10.4 Å². The monoisotopic (exact) mass is 266 g/mol. The summed E-state index contributed by atoms with van der Waals surface area (Å²) in [5.74, 6) is 1.67. The molecule has 0 bridgehead atoms. The van der Waals surface area contributed by atoms with Crippen LogP contribution in [0.1, 0.15) is 52.4 Å². The highest BCUT2D eigenvalue weighted by molar-refractivity contribution is 5.03. The highest BCUT2D eigenvalue weighted by Crippen LogP contribution is 2.37. The van der Waals surface area contributed by atoms with Crippen molar-refractivity contribution in [3.63, 3.8) is 0 Å². The van der Waals surface area contributed by atoms with Gasteiger partial charge in [-0.15, -0.1) is 0 Å². The zero-order valence-electron chi connectivity index (χ0n) is 12.6. The van der Waals surface area contributed by atoms with Gasteiger partial charge in [0, 0.05) is 30.7 Å². The molecule has 110 valence electrons. The molecule has 0 radical (unpaired) electrons. The molecular formula is C16H30N2O. The van der Waals surface area contributed by atoms with Crippen LogP contribution in [-0.4, -0.2) is 47.3 Å². The van der Waals surface area contributed by atoms with Crippen LogP contribution in [0.3, 0.4) is 0 Å². The van der Waals surface area contributed by atoms with Crippen molar-refractivity contribution in [2.75, 3.05) is 19.7 Å². The number of aliphatic hydroxyl groups is 1. The average Bonchev–Trinajstić information content (AvgIpc) is 3.05. The van der Waals surface area contributed by atoms with E-state index in [0.717, 1.165) is 24.7 Å². The van der Waals surface area contributed by atoms with Gasteiger partial charge in [0.05, 0.1) is 6.61 Å². The molecule has 1 saturated heterocycles. The maximum Gasteiger partial charge on any atom is 0.0614 e. The summed E-state index contributed by atoms with van der Waals surface area (Å²) in [5, 5.41) is 13.6. The van der Waals surface area contributed by atoms with E-state index in [0.29, 0.717) is 18.7 Å². The summed E-state index contributed by atoms with van der Waals surface area (Å²) >= 11 is 0. The molecule has 2 saturated carbocycles. The predicted octanol–water partition coefficient (Wildman–Crippen LogP) is 2.00. The molecular weight excluding hydrogens is 236 g/mol. The van der Waals surface area contributed by atoms with E-state index in [1.165, 1.54) is 38.8 Å². The van der Waals surface area contributed by atoms with Gasteiger partial charge in [-0.1, -0.05) is 13.8 Å². The lowest BCUT2D eigenvalue weighted by atomic mass is 9.90. The van der Waals surface area contributed by atoms with E-state index >= 15 is 0 Å². The molecule has 19 heavy (non-hydrogen) atoms.